The van der Waals surface area contributed by atoms with E-state index in [4.69, 9.17) is 0 Å². The van der Waals surface area contributed by atoms with Gasteiger partial charge in [0.05, 0.1) is 21.9 Å². The lowest BCUT2D eigenvalue weighted by Gasteiger charge is -2.11. The first-order valence-electron chi connectivity index (χ1n) is 9.84. The minimum atomic E-state index is -0.614. The number of amides is 1. The zero-order valence-electron chi connectivity index (χ0n) is 17.4. The molecule has 4 rings (SSSR count). The second kappa shape index (κ2) is 9.93. The standard InChI is InChI=1S/C23H15FN6O3S/c24-17-8-6-15(7-9-17)22-27-28-23(29(22)18-4-2-1-3-5-18)34-14-21(31)26-20-11-10-19(30(32)33)12-16(20)13-25/h1-12H,14H2,(H,26,31). The van der Waals surface area contributed by atoms with E-state index in [1.807, 2.05) is 36.4 Å². The Bertz CT molecular complexity index is 1400. The first kappa shape index (κ1) is 22.6. The molecule has 0 saturated heterocycles. The molecule has 0 bridgehead atoms. The maximum absolute atomic E-state index is 13.4. The van der Waals surface area contributed by atoms with Gasteiger partial charge < -0.3 is 5.32 Å². The van der Waals surface area contributed by atoms with Gasteiger partial charge in [-0.15, -0.1) is 10.2 Å². The fourth-order valence-electron chi connectivity index (χ4n) is 3.12. The highest BCUT2D eigenvalue weighted by Gasteiger charge is 2.18. The zero-order chi connectivity index (χ0) is 24.1. The summed E-state index contributed by atoms with van der Waals surface area (Å²) < 4.78 is 15.2. The molecule has 1 amide bonds. The van der Waals surface area contributed by atoms with Gasteiger partial charge in [-0.25, -0.2) is 4.39 Å². The van der Waals surface area contributed by atoms with Crippen molar-refractivity contribution in [2.24, 2.45) is 0 Å². The SMILES string of the molecule is N#Cc1cc([N+](=O)[O-])ccc1NC(=O)CSc1nnc(-c2ccc(F)cc2)n1-c1ccccc1. The summed E-state index contributed by atoms with van der Waals surface area (Å²) in [4.78, 5) is 22.9. The van der Waals surface area contributed by atoms with Crippen molar-refractivity contribution in [1.82, 2.24) is 14.8 Å². The van der Waals surface area contributed by atoms with Gasteiger partial charge in [0.1, 0.15) is 11.9 Å². The zero-order valence-corrected chi connectivity index (χ0v) is 18.2. The Balaban J connectivity index is 1.57. The van der Waals surface area contributed by atoms with Crippen molar-refractivity contribution in [3.63, 3.8) is 0 Å². The molecule has 0 saturated carbocycles. The number of nitro groups is 1. The van der Waals surface area contributed by atoms with Crippen molar-refractivity contribution in [2.75, 3.05) is 11.1 Å². The number of non-ortho nitro benzene ring substituents is 1. The fourth-order valence-corrected chi connectivity index (χ4v) is 3.87. The first-order valence-corrected chi connectivity index (χ1v) is 10.8. The number of anilines is 1. The molecular weight excluding hydrogens is 459 g/mol. The molecule has 0 spiro atoms. The number of thioether (sulfide) groups is 1. The fraction of sp³-hybridized carbons (Fsp3) is 0.0435. The molecule has 11 heteroatoms. The van der Waals surface area contributed by atoms with E-state index in [-0.39, 0.29) is 28.5 Å². The van der Waals surface area contributed by atoms with Gasteiger partial charge in [-0.3, -0.25) is 19.5 Å². The van der Waals surface area contributed by atoms with Gasteiger partial charge in [0.25, 0.3) is 5.69 Å². The number of hydrogen-bond acceptors (Lipinski definition) is 7. The third-order valence-electron chi connectivity index (χ3n) is 4.69. The van der Waals surface area contributed by atoms with Crippen LogP contribution in [0.5, 0.6) is 0 Å². The summed E-state index contributed by atoms with van der Waals surface area (Å²) in [5.41, 5.74) is 1.33. The normalized spacial score (nSPS) is 10.5. The van der Waals surface area contributed by atoms with Crippen LogP contribution in [0.2, 0.25) is 0 Å². The average molecular weight is 474 g/mol. The summed E-state index contributed by atoms with van der Waals surface area (Å²) in [6.45, 7) is 0. The van der Waals surface area contributed by atoms with Gasteiger partial charge >= 0.3 is 0 Å². The highest BCUT2D eigenvalue weighted by Crippen LogP contribution is 2.28. The number of halogens is 1. The molecule has 4 aromatic rings. The predicted molar refractivity (Wildman–Crippen MR) is 124 cm³/mol. The molecule has 1 N–H and O–H groups in total. The summed E-state index contributed by atoms with van der Waals surface area (Å²) >= 11 is 1.12. The highest BCUT2D eigenvalue weighted by molar-refractivity contribution is 7.99. The Morgan fingerprint density at radius 3 is 2.53 bits per heavy atom. The molecule has 0 fully saturated rings. The number of carbonyl (C=O) groups is 1. The number of nitro benzene ring substituents is 1. The summed E-state index contributed by atoms with van der Waals surface area (Å²) in [6.07, 6.45) is 0. The van der Waals surface area contributed by atoms with E-state index in [2.05, 4.69) is 15.5 Å². The van der Waals surface area contributed by atoms with Crippen LogP contribution >= 0.6 is 11.8 Å². The highest BCUT2D eigenvalue weighted by atomic mass is 32.2. The lowest BCUT2D eigenvalue weighted by molar-refractivity contribution is -0.384. The lowest BCUT2D eigenvalue weighted by atomic mass is 10.1. The number of nitrogens with zero attached hydrogens (tertiary/aromatic N) is 5. The van der Waals surface area contributed by atoms with E-state index in [1.54, 1.807) is 16.7 Å². The van der Waals surface area contributed by atoms with Crippen molar-refractivity contribution in [3.8, 4) is 23.1 Å². The van der Waals surface area contributed by atoms with Crippen molar-refractivity contribution >= 4 is 29.0 Å². The molecule has 0 aliphatic carbocycles. The lowest BCUT2D eigenvalue weighted by Crippen LogP contribution is -2.15. The Labute approximate surface area is 197 Å². The molecule has 34 heavy (non-hydrogen) atoms. The Morgan fingerprint density at radius 1 is 1.12 bits per heavy atom. The number of para-hydroxylation sites is 1. The van der Waals surface area contributed by atoms with Crippen molar-refractivity contribution in [1.29, 1.82) is 5.26 Å². The van der Waals surface area contributed by atoms with E-state index in [0.717, 1.165) is 23.5 Å². The van der Waals surface area contributed by atoms with Crippen LogP contribution in [0.15, 0.2) is 78.0 Å². The Morgan fingerprint density at radius 2 is 1.85 bits per heavy atom. The average Bonchev–Trinajstić information content (AvgIpc) is 3.28. The van der Waals surface area contributed by atoms with E-state index in [9.17, 15) is 24.6 Å². The maximum Gasteiger partial charge on any atom is 0.270 e. The number of hydrogen-bond donors (Lipinski definition) is 1. The van der Waals surface area contributed by atoms with E-state index < -0.39 is 10.8 Å². The second-order valence-electron chi connectivity index (χ2n) is 6.92. The summed E-state index contributed by atoms with van der Waals surface area (Å²) in [5.74, 6) is -0.378. The molecule has 168 valence electrons. The molecule has 1 aromatic heterocycles. The van der Waals surface area contributed by atoms with Crippen LogP contribution in [-0.2, 0) is 4.79 Å². The van der Waals surface area contributed by atoms with Crippen LogP contribution < -0.4 is 5.32 Å². The van der Waals surface area contributed by atoms with Gasteiger partial charge in [-0.05, 0) is 42.5 Å². The van der Waals surface area contributed by atoms with Crippen LogP contribution in [0.3, 0.4) is 0 Å². The molecule has 9 nitrogen and oxygen atoms in total. The van der Waals surface area contributed by atoms with Gasteiger partial charge in [-0.1, -0.05) is 30.0 Å². The molecule has 0 aliphatic rings. The molecule has 1 heterocycles. The van der Waals surface area contributed by atoms with Gasteiger partial charge in [0, 0.05) is 23.4 Å². The number of carbonyl (C=O) groups excluding carboxylic acids is 1. The largest absolute Gasteiger partial charge is 0.324 e. The van der Waals surface area contributed by atoms with E-state index in [1.165, 1.54) is 24.3 Å². The minimum Gasteiger partial charge on any atom is -0.324 e. The maximum atomic E-state index is 13.4. The van der Waals surface area contributed by atoms with Crippen molar-refractivity contribution < 1.29 is 14.1 Å². The number of benzene rings is 3. The summed E-state index contributed by atoms with van der Waals surface area (Å²) in [6, 6.07) is 20.6. The van der Waals surface area contributed by atoms with Crippen LogP contribution in [0.4, 0.5) is 15.8 Å². The van der Waals surface area contributed by atoms with Crippen LogP contribution in [0.25, 0.3) is 17.1 Å². The third kappa shape index (κ3) is 4.92. The number of rotatable bonds is 7. The van der Waals surface area contributed by atoms with Crippen LogP contribution in [0.1, 0.15) is 5.56 Å². The molecule has 0 radical (unpaired) electrons. The summed E-state index contributed by atoms with van der Waals surface area (Å²) in [7, 11) is 0. The summed E-state index contributed by atoms with van der Waals surface area (Å²) in [5, 5.41) is 31.6. The van der Waals surface area contributed by atoms with Crippen LogP contribution in [0, 0.1) is 27.3 Å². The topological polar surface area (TPSA) is 127 Å². The Kier molecular flexibility index (Phi) is 6.61. The van der Waals surface area contributed by atoms with Gasteiger partial charge in [-0.2, -0.15) is 5.26 Å². The molecular formula is C23H15FN6O3S. The van der Waals surface area contributed by atoms with Crippen molar-refractivity contribution in [3.05, 3.63) is 94.3 Å². The van der Waals surface area contributed by atoms with E-state index >= 15 is 0 Å². The number of aromatic nitrogens is 3. The van der Waals surface area contributed by atoms with Gasteiger partial charge in [0.2, 0.25) is 5.91 Å². The second-order valence-corrected chi connectivity index (χ2v) is 7.86. The smallest absolute Gasteiger partial charge is 0.270 e. The minimum absolute atomic E-state index is 0.0152. The van der Waals surface area contributed by atoms with Gasteiger partial charge in [0.15, 0.2) is 11.0 Å². The van der Waals surface area contributed by atoms with E-state index in [0.29, 0.717) is 16.5 Å². The third-order valence-corrected chi connectivity index (χ3v) is 5.62. The Hall–Kier alpha value is -4.56. The molecule has 0 aliphatic heterocycles. The molecule has 0 atom stereocenters. The van der Waals surface area contributed by atoms with Crippen molar-refractivity contribution in [2.45, 2.75) is 5.16 Å². The molecule has 0 unspecified atom stereocenters. The number of nitriles is 1. The quantitative estimate of drug-likeness (QED) is 0.236. The monoisotopic (exact) mass is 474 g/mol. The molecule has 3 aromatic carbocycles. The first-order chi connectivity index (χ1) is 16.5. The number of nitrogens with one attached hydrogen (secondary N) is 1. The van der Waals surface area contributed by atoms with Crippen LogP contribution in [-0.4, -0.2) is 31.3 Å². The predicted octanol–water partition coefficient (Wildman–Crippen LogP) is 4.58.